The lowest BCUT2D eigenvalue weighted by molar-refractivity contribution is 0.0937. The molecule has 3 rings (SSSR count). The standard InChI is InChI=1S/C19H19N3O2/c1-3-14-6-8-15(9-7-14)12-20-18(23)17-21-19(24-22-17)16-10-4-13(2)5-11-16/h4-11H,3,12H2,1-2H3,(H,20,23). The Morgan fingerprint density at radius 1 is 1.04 bits per heavy atom. The second-order valence-corrected chi connectivity index (χ2v) is 5.64. The summed E-state index contributed by atoms with van der Waals surface area (Å²) in [6.07, 6.45) is 0.997. The van der Waals surface area contributed by atoms with Gasteiger partial charge in [-0.15, -0.1) is 0 Å². The van der Waals surface area contributed by atoms with Gasteiger partial charge in [0.1, 0.15) is 0 Å². The van der Waals surface area contributed by atoms with Gasteiger partial charge in [0.05, 0.1) is 0 Å². The zero-order chi connectivity index (χ0) is 16.9. The Morgan fingerprint density at radius 2 is 1.71 bits per heavy atom. The molecule has 3 aromatic rings. The fourth-order valence-corrected chi connectivity index (χ4v) is 2.28. The molecule has 0 spiro atoms. The van der Waals surface area contributed by atoms with Crippen molar-refractivity contribution in [2.75, 3.05) is 0 Å². The van der Waals surface area contributed by atoms with Gasteiger partial charge in [-0.2, -0.15) is 4.98 Å². The first-order valence-electron chi connectivity index (χ1n) is 7.92. The highest BCUT2D eigenvalue weighted by molar-refractivity contribution is 5.90. The molecule has 1 N–H and O–H groups in total. The highest BCUT2D eigenvalue weighted by atomic mass is 16.5. The minimum atomic E-state index is -0.350. The summed E-state index contributed by atoms with van der Waals surface area (Å²) in [4.78, 5) is 16.3. The van der Waals surface area contributed by atoms with Crippen LogP contribution in [0.4, 0.5) is 0 Å². The van der Waals surface area contributed by atoms with Crippen LogP contribution in [0.5, 0.6) is 0 Å². The smallest absolute Gasteiger partial charge is 0.292 e. The van der Waals surface area contributed by atoms with Crippen molar-refractivity contribution < 1.29 is 9.32 Å². The number of rotatable bonds is 5. The zero-order valence-electron chi connectivity index (χ0n) is 13.7. The van der Waals surface area contributed by atoms with Gasteiger partial charge in [0.25, 0.3) is 17.6 Å². The maximum absolute atomic E-state index is 12.1. The molecule has 0 atom stereocenters. The molecule has 24 heavy (non-hydrogen) atoms. The van der Waals surface area contributed by atoms with Crippen molar-refractivity contribution in [1.82, 2.24) is 15.5 Å². The number of aromatic nitrogens is 2. The Kier molecular flexibility index (Phi) is 4.70. The first-order chi connectivity index (χ1) is 11.7. The highest BCUT2D eigenvalue weighted by Gasteiger charge is 2.15. The molecule has 1 heterocycles. The van der Waals surface area contributed by atoms with Crippen LogP contribution >= 0.6 is 0 Å². The number of nitrogens with one attached hydrogen (secondary N) is 1. The van der Waals surface area contributed by atoms with Crippen LogP contribution in [-0.4, -0.2) is 16.0 Å². The number of benzene rings is 2. The van der Waals surface area contributed by atoms with E-state index in [2.05, 4.69) is 34.5 Å². The van der Waals surface area contributed by atoms with E-state index in [1.165, 1.54) is 5.56 Å². The van der Waals surface area contributed by atoms with Gasteiger partial charge in [0.15, 0.2) is 0 Å². The summed E-state index contributed by atoms with van der Waals surface area (Å²) < 4.78 is 5.17. The molecule has 5 nitrogen and oxygen atoms in total. The van der Waals surface area contributed by atoms with E-state index in [1.807, 2.05) is 43.3 Å². The molecule has 0 saturated carbocycles. The molecule has 5 heteroatoms. The molecule has 0 aliphatic carbocycles. The molecule has 0 aliphatic heterocycles. The average Bonchev–Trinajstić information content (AvgIpc) is 3.11. The number of hydrogen-bond donors (Lipinski definition) is 1. The predicted octanol–water partition coefficient (Wildman–Crippen LogP) is 3.54. The van der Waals surface area contributed by atoms with E-state index in [0.29, 0.717) is 12.4 Å². The SMILES string of the molecule is CCc1ccc(CNC(=O)c2noc(-c3ccc(C)cc3)n2)cc1. The van der Waals surface area contributed by atoms with Gasteiger partial charge in [0.2, 0.25) is 0 Å². The Balaban J connectivity index is 1.64. The molecule has 0 aliphatic rings. The maximum atomic E-state index is 12.1. The second kappa shape index (κ2) is 7.08. The topological polar surface area (TPSA) is 68.0 Å². The van der Waals surface area contributed by atoms with E-state index in [4.69, 9.17) is 4.52 Å². The normalized spacial score (nSPS) is 10.6. The minimum absolute atomic E-state index is 0.0377. The van der Waals surface area contributed by atoms with Gasteiger partial charge in [-0.3, -0.25) is 4.79 Å². The number of amides is 1. The minimum Gasteiger partial charge on any atom is -0.345 e. The monoisotopic (exact) mass is 321 g/mol. The molecular weight excluding hydrogens is 302 g/mol. The van der Waals surface area contributed by atoms with Crippen molar-refractivity contribution in [3.63, 3.8) is 0 Å². The molecule has 0 unspecified atom stereocenters. The van der Waals surface area contributed by atoms with Crippen LogP contribution in [0, 0.1) is 6.92 Å². The molecule has 1 aromatic heterocycles. The zero-order valence-corrected chi connectivity index (χ0v) is 13.7. The average molecular weight is 321 g/mol. The molecule has 1 amide bonds. The first-order valence-corrected chi connectivity index (χ1v) is 7.92. The third kappa shape index (κ3) is 3.68. The van der Waals surface area contributed by atoms with E-state index < -0.39 is 0 Å². The molecule has 0 fully saturated rings. The predicted molar refractivity (Wildman–Crippen MR) is 91.5 cm³/mol. The van der Waals surface area contributed by atoms with Crippen LogP contribution < -0.4 is 5.32 Å². The lowest BCUT2D eigenvalue weighted by Gasteiger charge is -2.03. The van der Waals surface area contributed by atoms with Crippen molar-refractivity contribution in [1.29, 1.82) is 0 Å². The molecule has 0 radical (unpaired) electrons. The third-order valence-corrected chi connectivity index (χ3v) is 3.81. The largest absolute Gasteiger partial charge is 0.345 e. The van der Waals surface area contributed by atoms with Crippen LogP contribution in [0.25, 0.3) is 11.5 Å². The van der Waals surface area contributed by atoms with Crippen LogP contribution in [0.15, 0.2) is 53.1 Å². The van der Waals surface area contributed by atoms with E-state index in [9.17, 15) is 4.79 Å². The highest BCUT2D eigenvalue weighted by Crippen LogP contribution is 2.17. The molecule has 0 bridgehead atoms. The fraction of sp³-hybridized carbons (Fsp3) is 0.211. The van der Waals surface area contributed by atoms with Gasteiger partial charge in [-0.05, 0) is 36.6 Å². The van der Waals surface area contributed by atoms with Crippen LogP contribution in [0.1, 0.15) is 34.2 Å². The number of carbonyl (C=O) groups is 1. The molecule has 2 aromatic carbocycles. The quantitative estimate of drug-likeness (QED) is 0.780. The lowest BCUT2D eigenvalue weighted by Crippen LogP contribution is -2.23. The van der Waals surface area contributed by atoms with Gasteiger partial charge in [-0.1, -0.05) is 54.0 Å². The summed E-state index contributed by atoms with van der Waals surface area (Å²) in [5, 5.41) is 6.56. The summed E-state index contributed by atoms with van der Waals surface area (Å²) in [7, 11) is 0. The van der Waals surface area contributed by atoms with Gasteiger partial charge in [-0.25, -0.2) is 0 Å². The lowest BCUT2D eigenvalue weighted by atomic mass is 10.1. The van der Waals surface area contributed by atoms with E-state index in [0.717, 1.165) is 23.1 Å². The van der Waals surface area contributed by atoms with E-state index >= 15 is 0 Å². The Labute approximate surface area is 140 Å². The number of aryl methyl sites for hydroxylation is 2. The summed E-state index contributed by atoms with van der Waals surface area (Å²) >= 11 is 0. The van der Waals surface area contributed by atoms with Crippen molar-refractivity contribution in [3.8, 4) is 11.5 Å². The van der Waals surface area contributed by atoms with Crippen molar-refractivity contribution in [2.45, 2.75) is 26.8 Å². The second-order valence-electron chi connectivity index (χ2n) is 5.64. The maximum Gasteiger partial charge on any atom is 0.292 e. The number of nitrogens with zero attached hydrogens (tertiary/aromatic N) is 2. The Morgan fingerprint density at radius 3 is 2.38 bits per heavy atom. The Hall–Kier alpha value is -2.95. The summed E-state index contributed by atoms with van der Waals surface area (Å²) in [5.74, 6) is 0.0277. The summed E-state index contributed by atoms with van der Waals surface area (Å²) in [6.45, 7) is 4.54. The van der Waals surface area contributed by atoms with Crippen molar-refractivity contribution in [2.24, 2.45) is 0 Å². The van der Waals surface area contributed by atoms with E-state index in [1.54, 1.807) is 0 Å². The summed E-state index contributed by atoms with van der Waals surface area (Å²) in [6, 6.07) is 15.8. The molecular formula is C19H19N3O2. The summed E-state index contributed by atoms with van der Waals surface area (Å²) in [5.41, 5.74) is 4.24. The van der Waals surface area contributed by atoms with Crippen molar-refractivity contribution in [3.05, 3.63) is 71.0 Å². The third-order valence-electron chi connectivity index (χ3n) is 3.81. The van der Waals surface area contributed by atoms with Gasteiger partial charge < -0.3 is 9.84 Å². The van der Waals surface area contributed by atoms with Crippen LogP contribution in [0.3, 0.4) is 0 Å². The molecule has 0 saturated heterocycles. The van der Waals surface area contributed by atoms with Gasteiger partial charge >= 0.3 is 0 Å². The van der Waals surface area contributed by atoms with Crippen LogP contribution in [-0.2, 0) is 13.0 Å². The number of hydrogen-bond acceptors (Lipinski definition) is 4. The van der Waals surface area contributed by atoms with Gasteiger partial charge in [0, 0.05) is 12.1 Å². The number of carbonyl (C=O) groups excluding carboxylic acids is 1. The Bertz CT molecular complexity index is 821. The van der Waals surface area contributed by atoms with Crippen molar-refractivity contribution >= 4 is 5.91 Å². The fourth-order valence-electron chi connectivity index (χ4n) is 2.28. The van der Waals surface area contributed by atoms with E-state index in [-0.39, 0.29) is 11.7 Å². The van der Waals surface area contributed by atoms with Crippen LogP contribution in [0.2, 0.25) is 0 Å². The molecule has 122 valence electrons. The first kappa shape index (κ1) is 15.9.